The Kier molecular flexibility index (Phi) is 8.10. The third-order valence-electron chi connectivity index (χ3n) is 6.64. The first kappa shape index (κ1) is 19.5. The summed E-state index contributed by atoms with van der Waals surface area (Å²) >= 11 is 0. The molecule has 0 aromatic rings. The first-order chi connectivity index (χ1) is 11.2. The van der Waals surface area contributed by atoms with E-state index in [4.69, 9.17) is 8.85 Å². The molecule has 0 radical (unpaired) electrons. The minimum Gasteiger partial charge on any atom is -0.394 e. The van der Waals surface area contributed by atoms with E-state index in [2.05, 4.69) is 27.7 Å². The standard InChI is InChI=1S/C20H40O2Si/c1-5-17-13-9-11-15-19(17)23(21-7-3,22-8-4)20-16-12-10-14-18(20)6-2/h17-20H,5-16H2,1-4H3. The minimum absolute atomic E-state index is 0.735. The van der Waals surface area contributed by atoms with Crippen molar-refractivity contribution in [3.8, 4) is 0 Å². The van der Waals surface area contributed by atoms with Gasteiger partial charge in [0.15, 0.2) is 0 Å². The van der Waals surface area contributed by atoms with Gasteiger partial charge in [-0.25, -0.2) is 0 Å². The molecule has 0 heterocycles. The molecular weight excluding hydrogens is 300 g/mol. The van der Waals surface area contributed by atoms with Crippen molar-refractivity contribution in [3.63, 3.8) is 0 Å². The van der Waals surface area contributed by atoms with Crippen molar-refractivity contribution in [1.29, 1.82) is 0 Å². The highest BCUT2D eigenvalue weighted by atomic mass is 28.4. The van der Waals surface area contributed by atoms with Gasteiger partial charge in [-0.15, -0.1) is 0 Å². The van der Waals surface area contributed by atoms with Crippen molar-refractivity contribution in [2.75, 3.05) is 13.2 Å². The highest BCUT2D eigenvalue weighted by Crippen LogP contribution is 2.54. The zero-order valence-electron chi connectivity index (χ0n) is 16.1. The topological polar surface area (TPSA) is 18.5 Å². The van der Waals surface area contributed by atoms with Crippen LogP contribution in [0.15, 0.2) is 0 Å². The molecule has 4 unspecified atom stereocenters. The second-order valence-corrected chi connectivity index (χ2v) is 11.2. The van der Waals surface area contributed by atoms with Gasteiger partial charge < -0.3 is 8.85 Å². The van der Waals surface area contributed by atoms with E-state index in [1.54, 1.807) is 0 Å². The summed E-state index contributed by atoms with van der Waals surface area (Å²) in [5.41, 5.74) is 1.47. The number of rotatable bonds is 8. The zero-order chi connectivity index (χ0) is 16.7. The molecule has 4 atom stereocenters. The van der Waals surface area contributed by atoms with Crippen LogP contribution in [0.5, 0.6) is 0 Å². The van der Waals surface area contributed by atoms with Gasteiger partial charge in [-0.3, -0.25) is 0 Å². The molecule has 2 rings (SSSR count). The highest BCUT2D eigenvalue weighted by Gasteiger charge is 2.56. The summed E-state index contributed by atoms with van der Waals surface area (Å²) in [6, 6.07) is 0. The maximum atomic E-state index is 6.73. The van der Waals surface area contributed by atoms with Crippen LogP contribution in [0, 0.1) is 11.8 Å². The lowest BCUT2D eigenvalue weighted by atomic mass is 9.86. The predicted octanol–water partition coefficient (Wildman–Crippen LogP) is 6.44. The monoisotopic (exact) mass is 340 g/mol. The minimum atomic E-state index is -2.16. The van der Waals surface area contributed by atoms with Gasteiger partial charge in [-0.1, -0.05) is 65.2 Å². The summed E-state index contributed by atoms with van der Waals surface area (Å²) in [6.07, 6.45) is 13.7. The fourth-order valence-electron chi connectivity index (χ4n) is 5.65. The first-order valence-electron chi connectivity index (χ1n) is 10.5. The van der Waals surface area contributed by atoms with Gasteiger partial charge in [0.2, 0.25) is 0 Å². The van der Waals surface area contributed by atoms with Crippen molar-refractivity contribution >= 4 is 8.56 Å². The molecule has 0 aromatic carbocycles. The molecule has 0 aliphatic heterocycles. The molecule has 23 heavy (non-hydrogen) atoms. The second-order valence-electron chi connectivity index (χ2n) is 7.71. The normalized spacial score (nSPS) is 32.9. The third kappa shape index (κ3) is 4.22. The van der Waals surface area contributed by atoms with Crippen molar-refractivity contribution in [2.24, 2.45) is 11.8 Å². The molecule has 2 fully saturated rings. The van der Waals surface area contributed by atoms with Crippen molar-refractivity contribution in [2.45, 2.75) is 103 Å². The van der Waals surface area contributed by atoms with Gasteiger partial charge in [0.05, 0.1) is 0 Å². The van der Waals surface area contributed by atoms with Crippen molar-refractivity contribution < 1.29 is 8.85 Å². The number of hydrogen-bond acceptors (Lipinski definition) is 2. The van der Waals surface area contributed by atoms with Crippen LogP contribution in [0.25, 0.3) is 0 Å². The van der Waals surface area contributed by atoms with Crippen LogP contribution >= 0.6 is 0 Å². The van der Waals surface area contributed by atoms with E-state index in [1.165, 1.54) is 64.2 Å². The molecule has 0 spiro atoms. The molecular formula is C20H40O2Si. The van der Waals surface area contributed by atoms with Gasteiger partial charge in [0.1, 0.15) is 0 Å². The van der Waals surface area contributed by atoms with Gasteiger partial charge in [0, 0.05) is 24.3 Å². The molecule has 3 heteroatoms. The third-order valence-corrected chi connectivity index (χ3v) is 11.7. The molecule has 2 nitrogen and oxygen atoms in total. The summed E-state index contributed by atoms with van der Waals surface area (Å²) in [5, 5.41) is 0. The smallest absolute Gasteiger partial charge is 0.345 e. The van der Waals surface area contributed by atoms with Gasteiger partial charge in [-0.05, 0) is 38.5 Å². The first-order valence-corrected chi connectivity index (χ1v) is 12.5. The summed E-state index contributed by atoms with van der Waals surface area (Å²) in [4.78, 5) is 0. The highest BCUT2D eigenvalue weighted by molar-refractivity contribution is 6.70. The average molecular weight is 341 g/mol. The average Bonchev–Trinajstić information content (AvgIpc) is 2.61. The van der Waals surface area contributed by atoms with Gasteiger partial charge in [0.25, 0.3) is 0 Å². The van der Waals surface area contributed by atoms with Crippen LogP contribution in [0.4, 0.5) is 0 Å². The SMILES string of the molecule is CCO[Si](OCC)(C1CCCCC1CC)C1CCCCC1CC. The maximum Gasteiger partial charge on any atom is 0.345 e. The molecule has 2 aliphatic carbocycles. The molecule has 2 saturated carbocycles. The van der Waals surface area contributed by atoms with Crippen molar-refractivity contribution in [3.05, 3.63) is 0 Å². The van der Waals surface area contributed by atoms with E-state index < -0.39 is 8.56 Å². The van der Waals surface area contributed by atoms with Crippen LogP contribution in [0.3, 0.4) is 0 Å². The summed E-state index contributed by atoms with van der Waals surface area (Å²) in [6.45, 7) is 10.8. The second kappa shape index (κ2) is 9.58. The van der Waals surface area contributed by atoms with Crippen LogP contribution < -0.4 is 0 Å². The van der Waals surface area contributed by atoms with Gasteiger partial charge in [-0.2, -0.15) is 0 Å². The zero-order valence-corrected chi connectivity index (χ0v) is 17.1. The van der Waals surface area contributed by atoms with Crippen LogP contribution in [-0.2, 0) is 8.85 Å². The molecule has 136 valence electrons. The van der Waals surface area contributed by atoms with Crippen LogP contribution in [-0.4, -0.2) is 21.8 Å². The van der Waals surface area contributed by atoms with Crippen LogP contribution in [0.1, 0.15) is 91.9 Å². The van der Waals surface area contributed by atoms with E-state index in [0.29, 0.717) is 0 Å². The lowest BCUT2D eigenvalue weighted by molar-refractivity contribution is 0.120. The van der Waals surface area contributed by atoms with E-state index in [-0.39, 0.29) is 0 Å². The number of hydrogen-bond donors (Lipinski definition) is 0. The summed E-state index contributed by atoms with van der Waals surface area (Å²) < 4.78 is 13.5. The maximum absolute atomic E-state index is 6.73. The lowest BCUT2D eigenvalue weighted by Crippen LogP contribution is -2.56. The van der Waals surface area contributed by atoms with Gasteiger partial charge >= 0.3 is 8.56 Å². The summed E-state index contributed by atoms with van der Waals surface area (Å²) in [5.74, 6) is 1.68. The Morgan fingerprint density at radius 2 is 1.04 bits per heavy atom. The fourth-order valence-corrected chi connectivity index (χ4v) is 11.4. The molecule has 0 aromatic heterocycles. The molecule has 0 bridgehead atoms. The predicted molar refractivity (Wildman–Crippen MR) is 101 cm³/mol. The lowest BCUT2D eigenvalue weighted by Gasteiger charge is -2.50. The Bertz CT molecular complexity index is 302. The fraction of sp³-hybridized carbons (Fsp3) is 1.00. The van der Waals surface area contributed by atoms with E-state index >= 15 is 0 Å². The van der Waals surface area contributed by atoms with E-state index in [1.807, 2.05) is 0 Å². The Labute approximate surface area is 146 Å². The molecule has 0 saturated heterocycles. The van der Waals surface area contributed by atoms with Crippen molar-refractivity contribution in [1.82, 2.24) is 0 Å². The molecule has 2 aliphatic rings. The quantitative estimate of drug-likeness (QED) is 0.473. The summed E-state index contributed by atoms with van der Waals surface area (Å²) in [7, 11) is -2.16. The Morgan fingerprint density at radius 1 is 0.652 bits per heavy atom. The Hall–Kier alpha value is 0.137. The van der Waals surface area contributed by atoms with E-state index in [9.17, 15) is 0 Å². The Balaban J connectivity index is 2.35. The van der Waals surface area contributed by atoms with E-state index in [0.717, 1.165) is 36.1 Å². The Morgan fingerprint density at radius 3 is 1.39 bits per heavy atom. The largest absolute Gasteiger partial charge is 0.394 e. The molecule has 0 N–H and O–H groups in total. The molecule has 0 amide bonds. The van der Waals surface area contributed by atoms with Crippen LogP contribution in [0.2, 0.25) is 11.1 Å².